The van der Waals surface area contributed by atoms with E-state index in [1.54, 1.807) is 35.6 Å². The second-order valence-electron chi connectivity index (χ2n) is 7.53. The zero-order valence-electron chi connectivity index (χ0n) is 17.1. The second-order valence-corrected chi connectivity index (χ2v) is 8.27. The van der Waals surface area contributed by atoms with Crippen molar-refractivity contribution in [3.05, 3.63) is 113 Å². The number of halogens is 2. The first-order valence-electron chi connectivity index (χ1n) is 9.94. The van der Waals surface area contributed by atoms with E-state index < -0.39 is 5.60 Å². The molecular formula is C25H18Cl2N4O. The molecule has 0 aliphatic rings. The molecule has 0 saturated carbocycles. The van der Waals surface area contributed by atoms with Crippen molar-refractivity contribution in [2.75, 3.05) is 0 Å². The Morgan fingerprint density at radius 1 is 0.906 bits per heavy atom. The van der Waals surface area contributed by atoms with Gasteiger partial charge in [0.1, 0.15) is 5.15 Å². The third-order valence-electron chi connectivity index (χ3n) is 5.62. The van der Waals surface area contributed by atoms with E-state index in [9.17, 15) is 5.11 Å². The predicted molar refractivity (Wildman–Crippen MR) is 127 cm³/mol. The maximum absolute atomic E-state index is 12.1. The van der Waals surface area contributed by atoms with E-state index >= 15 is 0 Å². The molecule has 3 aromatic heterocycles. The maximum Gasteiger partial charge on any atom is 0.158 e. The first kappa shape index (κ1) is 20.6. The molecule has 2 aromatic carbocycles. The van der Waals surface area contributed by atoms with Crippen molar-refractivity contribution >= 4 is 34.1 Å². The molecule has 0 amide bonds. The number of pyridine rings is 2. The van der Waals surface area contributed by atoms with Gasteiger partial charge in [0.25, 0.3) is 0 Å². The van der Waals surface area contributed by atoms with Crippen LogP contribution < -0.4 is 0 Å². The minimum Gasteiger partial charge on any atom is -0.374 e. The van der Waals surface area contributed by atoms with Crippen molar-refractivity contribution in [2.24, 2.45) is 7.05 Å². The van der Waals surface area contributed by atoms with Crippen LogP contribution in [0.25, 0.3) is 22.0 Å². The van der Waals surface area contributed by atoms with Gasteiger partial charge in [-0.1, -0.05) is 65.7 Å². The first-order chi connectivity index (χ1) is 15.5. The Hall–Kier alpha value is -3.25. The molecule has 7 heteroatoms. The van der Waals surface area contributed by atoms with Gasteiger partial charge < -0.3 is 9.67 Å². The van der Waals surface area contributed by atoms with Gasteiger partial charge in [-0.3, -0.25) is 4.98 Å². The van der Waals surface area contributed by atoms with Crippen LogP contribution in [0.5, 0.6) is 0 Å². The minimum atomic E-state index is -1.50. The Labute approximate surface area is 194 Å². The van der Waals surface area contributed by atoms with E-state index in [1.165, 1.54) is 0 Å². The Bertz CT molecular complexity index is 1420. The summed E-state index contributed by atoms with van der Waals surface area (Å²) in [6.07, 6.45) is 6.62. The maximum atomic E-state index is 12.1. The van der Waals surface area contributed by atoms with Crippen LogP contribution in [0, 0.1) is 0 Å². The molecule has 0 spiro atoms. The number of nitrogens with zero attached hydrogens (tertiary/aromatic N) is 4. The Kier molecular flexibility index (Phi) is 5.18. The topological polar surface area (TPSA) is 63.8 Å². The Balaban J connectivity index is 1.79. The average molecular weight is 461 g/mol. The van der Waals surface area contributed by atoms with Crippen LogP contribution in [0.2, 0.25) is 10.2 Å². The van der Waals surface area contributed by atoms with E-state index in [-0.39, 0.29) is 0 Å². The van der Waals surface area contributed by atoms with Crippen LogP contribution in [-0.2, 0) is 12.6 Å². The number of hydrogen-bond acceptors (Lipinski definition) is 4. The molecule has 32 heavy (non-hydrogen) atoms. The molecule has 5 aromatic rings. The molecule has 1 atom stereocenters. The Morgan fingerprint density at radius 3 is 2.41 bits per heavy atom. The summed E-state index contributed by atoms with van der Waals surface area (Å²) in [6, 6.07) is 18.8. The summed E-state index contributed by atoms with van der Waals surface area (Å²) in [5, 5.41) is 13.6. The van der Waals surface area contributed by atoms with Gasteiger partial charge in [-0.05, 0) is 29.3 Å². The zero-order valence-corrected chi connectivity index (χ0v) is 18.6. The third kappa shape index (κ3) is 3.26. The van der Waals surface area contributed by atoms with Crippen LogP contribution in [0.4, 0.5) is 0 Å². The van der Waals surface area contributed by atoms with Crippen LogP contribution in [0.15, 0.2) is 85.6 Å². The summed E-state index contributed by atoms with van der Waals surface area (Å²) in [5.41, 5.74) is 2.51. The lowest BCUT2D eigenvalue weighted by Gasteiger charge is -2.29. The normalized spacial score (nSPS) is 13.2. The van der Waals surface area contributed by atoms with Crippen LogP contribution in [-0.4, -0.2) is 24.6 Å². The molecule has 158 valence electrons. The number of rotatable bonds is 4. The van der Waals surface area contributed by atoms with Gasteiger partial charge in [0.05, 0.1) is 28.8 Å². The summed E-state index contributed by atoms with van der Waals surface area (Å²) in [4.78, 5) is 13.0. The van der Waals surface area contributed by atoms with Gasteiger partial charge in [0.2, 0.25) is 0 Å². The highest BCUT2D eigenvalue weighted by atomic mass is 35.5. The summed E-state index contributed by atoms with van der Waals surface area (Å²) in [6.45, 7) is 0. The van der Waals surface area contributed by atoms with Crippen molar-refractivity contribution in [1.82, 2.24) is 19.5 Å². The van der Waals surface area contributed by atoms with Gasteiger partial charge in [-0.25, -0.2) is 9.97 Å². The lowest BCUT2D eigenvalue weighted by atomic mass is 9.83. The Morgan fingerprint density at radius 2 is 1.72 bits per heavy atom. The van der Waals surface area contributed by atoms with Crippen molar-refractivity contribution in [3.8, 4) is 11.1 Å². The molecule has 1 N–H and O–H groups in total. The molecule has 0 fully saturated rings. The lowest BCUT2D eigenvalue weighted by Crippen LogP contribution is -2.31. The van der Waals surface area contributed by atoms with E-state index in [4.69, 9.17) is 23.2 Å². The highest BCUT2D eigenvalue weighted by Gasteiger charge is 2.37. The van der Waals surface area contributed by atoms with Gasteiger partial charge in [0, 0.05) is 36.0 Å². The number of imidazole rings is 1. The standard InChI is InChI=1S/C25H18Cl2N4O/c1-31-15-29-14-21(31)25(32,18-8-5-11-28-13-18)17-9-10-20-19(12-17)23(26)22(24(27)30-20)16-6-3-2-4-7-16/h2-15,32H,1H3. The lowest BCUT2D eigenvalue weighted by molar-refractivity contribution is 0.117. The van der Waals surface area contributed by atoms with Gasteiger partial charge in [0.15, 0.2) is 5.60 Å². The molecule has 5 rings (SSSR count). The van der Waals surface area contributed by atoms with Crippen molar-refractivity contribution in [2.45, 2.75) is 5.60 Å². The average Bonchev–Trinajstić information content (AvgIpc) is 3.26. The number of aryl methyl sites for hydroxylation is 1. The molecule has 0 saturated heterocycles. The van der Waals surface area contributed by atoms with Crippen molar-refractivity contribution < 1.29 is 5.11 Å². The van der Waals surface area contributed by atoms with Gasteiger partial charge >= 0.3 is 0 Å². The molecule has 0 aliphatic heterocycles. The quantitative estimate of drug-likeness (QED) is 0.353. The summed E-state index contributed by atoms with van der Waals surface area (Å²) < 4.78 is 1.79. The van der Waals surface area contributed by atoms with E-state index in [2.05, 4.69) is 15.0 Å². The minimum absolute atomic E-state index is 0.329. The molecule has 0 radical (unpaired) electrons. The van der Waals surface area contributed by atoms with Crippen molar-refractivity contribution in [3.63, 3.8) is 0 Å². The zero-order chi connectivity index (χ0) is 22.3. The number of hydrogen-bond donors (Lipinski definition) is 1. The number of aromatic nitrogens is 4. The van der Waals surface area contributed by atoms with Crippen LogP contribution in [0.3, 0.4) is 0 Å². The third-order valence-corrected chi connectivity index (χ3v) is 6.29. The van der Waals surface area contributed by atoms with Gasteiger partial charge in [-0.2, -0.15) is 0 Å². The second kappa shape index (κ2) is 8.02. The highest BCUT2D eigenvalue weighted by molar-refractivity contribution is 6.42. The monoisotopic (exact) mass is 460 g/mol. The number of aliphatic hydroxyl groups is 1. The van der Waals surface area contributed by atoms with E-state index in [1.807, 2.05) is 61.6 Å². The predicted octanol–water partition coefficient (Wildman–Crippen LogP) is 5.62. The summed E-state index contributed by atoms with van der Waals surface area (Å²) in [5.74, 6) is 0. The van der Waals surface area contributed by atoms with E-state index in [0.29, 0.717) is 43.5 Å². The summed E-state index contributed by atoms with van der Waals surface area (Å²) >= 11 is 13.4. The fraction of sp³-hybridized carbons (Fsp3) is 0.0800. The molecule has 1 unspecified atom stereocenters. The fourth-order valence-corrected chi connectivity index (χ4v) is 4.71. The van der Waals surface area contributed by atoms with Crippen molar-refractivity contribution in [1.29, 1.82) is 0 Å². The molecule has 3 heterocycles. The summed E-state index contributed by atoms with van der Waals surface area (Å²) in [7, 11) is 1.84. The molecule has 5 nitrogen and oxygen atoms in total. The van der Waals surface area contributed by atoms with Gasteiger partial charge in [-0.15, -0.1) is 0 Å². The largest absolute Gasteiger partial charge is 0.374 e. The highest BCUT2D eigenvalue weighted by Crippen LogP contribution is 2.42. The van der Waals surface area contributed by atoms with E-state index in [0.717, 1.165) is 5.56 Å². The smallest absolute Gasteiger partial charge is 0.158 e. The SMILES string of the molecule is Cn1cncc1C(O)(c1cccnc1)c1ccc2nc(Cl)c(-c3ccccc3)c(Cl)c2c1. The van der Waals surface area contributed by atoms with Crippen LogP contribution >= 0.6 is 23.2 Å². The fourth-order valence-electron chi connectivity index (χ4n) is 4.02. The number of fused-ring (bicyclic) bond motifs is 1. The molecule has 0 bridgehead atoms. The molecular weight excluding hydrogens is 443 g/mol. The van der Waals surface area contributed by atoms with Crippen LogP contribution in [0.1, 0.15) is 16.8 Å². The first-order valence-corrected chi connectivity index (χ1v) is 10.7. The molecule has 0 aliphatic carbocycles. The number of benzene rings is 2.